The molecule has 0 saturated heterocycles. The van der Waals surface area contributed by atoms with E-state index in [1.54, 1.807) is 0 Å². The minimum Gasteiger partial charge on any atom is -0.384 e. The molecule has 0 saturated carbocycles. The zero-order valence-electron chi connectivity index (χ0n) is 8.34. The summed E-state index contributed by atoms with van der Waals surface area (Å²) in [5.41, 5.74) is 3.22. The molecule has 15 heavy (non-hydrogen) atoms. The van der Waals surface area contributed by atoms with Gasteiger partial charge in [0.05, 0.1) is 6.42 Å². The SMILES string of the molecule is C#CCC(=O)Nc1ccc2c(c1)CCN2. The van der Waals surface area contributed by atoms with E-state index < -0.39 is 0 Å². The van der Waals surface area contributed by atoms with Gasteiger partial charge in [-0.05, 0) is 30.2 Å². The molecule has 0 aromatic heterocycles. The van der Waals surface area contributed by atoms with E-state index >= 15 is 0 Å². The van der Waals surface area contributed by atoms with Crippen LogP contribution in [0.1, 0.15) is 12.0 Å². The molecule has 0 radical (unpaired) electrons. The fourth-order valence-corrected chi connectivity index (χ4v) is 1.68. The van der Waals surface area contributed by atoms with Gasteiger partial charge in [-0.1, -0.05) is 5.92 Å². The number of anilines is 2. The van der Waals surface area contributed by atoms with Crippen LogP contribution in [0.5, 0.6) is 0 Å². The zero-order chi connectivity index (χ0) is 10.7. The Morgan fingerprint density at radius 1 is 1.60 bits per heavy atom. The highest BCUT2D eigenvalue weighted by Crippen LogP contribution is 2.25. The predicted molar refractivity (Wildman–Crippen MR) is 60.7 cm³/mol. The molecule has 1 amide bonds. The lowest BCUT2D eigenvalue weighted by Gasteiger charge is -2.05. The lowest BCUT2D eigenvalue weighted by atomic mass is 10.1. The second kappa shape index (κ2) is 4.05. The van der Waals surface area contributed by atoms with Crippen LogP contribution in [0.15, 0.2) is 18.2 Å². The van der Waals surface area contributed by atoms with Crippen molar-refractivity contribution in [3.05, 3.63) is 23.8 Å². The van der Waals surface area contributed by atoms with Crippen LogP contribution < -0.4 is 10.6 Å². The van der Waals surface area contributed by atoms with Gasteiger partial charge in [-0.25, -0.2) is 0 Å². The normalized spacial score (nSPS) is 12.5. The van der Waals surface area contributed by atoms with Crippen molar-refractivity contribution in [2.75, 3.05) is 17.2 Å². The summed E-state index contributed by atoms with van der Waals surface area (Å²) in [6.45, 7) is 0.969. The third-order valence-corrected chi connectivity index (χ3v) is 2.36. The maximum absolute atomic E-state index is 11.2. The molecule has 2 N–H and O–H groups in total. The summed E-state index contributed by atoms with van der Waals surface area (Å²) in [6, 6.07) is 5.85. The molecule has 0 atom stereocenters. The van der Waals surface area contributed by atoms with Gasteiger partial charge in [0.25, 0.3) is 0 Å². The van der Waals surface area contributed by atoms with Gasteiger partial charge in [0.2, 0.25) is 5.91 Å². The number of hydrogen-bond acceptors (Lipinski definition) is 2. The van der Waals surface area contributed by atoms with Gasteiger partial charge in [0, 0.05) is 17.9 Å². The Labute approximate surface area is 88.9 Å². The van der Waals surface area contributed by atoms with Gasteiger partial charge in [-0.2, -0.15) is 0 Å². The van der Waals surface area contributed by atoms with Crippen LogP contribution in [0, 0.1) is 12.3 Å². The first kappa shape index (κ1) is 9.60. The van der Waals surface area contributed by atoms with Gasteiger partial charge < -0.3 is 10.6 Å². The molecule has 3 nitrogen and oxygen atoms in total. The third kappa shape index (κ3) is 2.10. The third-order valence-electron chi connectivity index (χ3n) is 2.36. The standard InChI is InChI=1S/C12H12N2O/c1-2-3-12(15)14-10-4-5-11-9(8-10)6-7-13-11/h1,4-5,8,13H,3,6-7H2,(H,14,15). The molecule has 2 rings (SSSR count). The first-order valence-corrected chi connectivity index (χ1v) is 4.90. The van der Waals surface area contributed by atoms with E-state index in [9.17, 15) is 4.79 Å². The Kier molecular flexibility index (Phi) is 2.59. The molecule has 1 aliphatic heterocycles. The van der Waals surface area contributed by atoms with E-state index in [0.717, 1.165) is 24.3 Å². The van der Waals surface area contributed by atoms with Crippen molar-refractivity contribution in [3.63, 3.8) is 0 Å². The van der Waals surface area contributed by atoms with E-state index in [0.29, 0.717) is 0 Å². The molecular weight excluding hydrogens is 188 g/mol. The highest BCUT2D eigenvalue weighted by molar-refractivity contribution is 5.92. The minimum atomic E-state index is -0.136. The van der Waals surface area contributed by atoms with Crippen molar-refractivity contribution >= 4 is 17.3 Å². The molecule has 1 aliphatic rings. The number of carbonyl (C=O) groups excluding carboxylic acids is 1. The average molecular weight is 200 g/mol. The maximum Gasteiger partial charge on any atom is 0.236 e. The first-order chi connectivity index (χ1) is 7.29. The highest BCUT2D eigenvalue weighted by atomic mass is 16.1. The van der Waals surface area contributed by atoms with E-state index in [2.05, 4.69) is 16.6 Å². The van der Waals surface area contributed by atoms with Crippen LogP contribution in [0.25, 0.3) is 0 Å². The Morgan fingerprint density at radius 3 is 3.27 bits per heavy atom. The van der Waals surface area contributed by atoms with Crippen LogP contribution >= 0.6 is 0 Å². The number of terminal acetylenes is 1. The molecule has 0 unspecified atom stereocenters. The quantitative estimate of drug-likeness (QED) is 0.712. The zero-order valence-corrected chi connectivity index (χ0v) is 8.34. The number of hydrogen-bond donors (Lipinski definition) is 2. The van der Waals surface area contributed by atoms with E-state index in [4.69, 9.17) is 6.42 Å². The molecule has 0 aliphatic carbocycles. The maximum atomic E-state index is 11.2. The second-order valence-electron chi connectivity index (χ2n) is 3.48. The average Bonchev–Trinajstić information content (AvgIpc) is 2.65. The van der Waals surface area contributed by atoms with Crippen LogP contribution in [-0.4, -0.2) is 12.5 Å². The summed E-state index contributed by atoms with van der Waals surface area (Å²) >= 11 is 0. The highest BCUT2D eigenvalue weighted by Gasteiger charge is 2.10. The second-order valence-corrected chi connectivity index (χ2v) is 3.48. The Morgan fingerprint density at radius 2 is 2.47 bits per heavy atom. The lowest BCUT2D eigenvalue weighted by Crippen LogP contribution is -2.10. The summed E-state index contributed by atoms with van der Waals surface area (Å²) in [5.74, 6) is 2.18. The largest absolute Gasteiger partial charge is 0.384 e. The topological polar surface area (TPSA) is 41.1 Å². The summed E-state index contributed by atoms with van der Waals surface area (Å²) in [7, 11) is 0. The number of rotatable bonds is 2. The Hall–Kier alpha value is -1.95. The van der Waals surface area contributed by atoms with Gasteiger partial charge in [0.15, 0.2) is 0 Å². The molecule has 0 bridgehead atoms. The molecule has 76 valence electrons. The summed E-state index contributed by atoms with van der Waals surface area (Å²) in [6.07, 6.45) is 6.18. The smallest absolute Gasteiger partial charge is 0.236 e. The molecule has 0 spiro atoms. The van der Waals surface area contributed by atoms with Gasteiger partial charge in [-0.15, -0.1) is 6.42 Å². The molecule has 1 heterocycles. The van der Waals surface area contributed by atoms with Crippen molar-refractivity contribution in [3.8, 4) is 12.3 Å². The van der Waals surface area contributed by atoms with Crippen molar-refractivity contribution < 1.29 is 4.79 Å². The number of carbonyl (C=O) groups is 1. The summed E-state index contributed by atoms with van der Waals surface area (Å²) in [4.78, 5) is 11.2. The molecule has 1 aromatic rings. The van der Waals surface area contributed by atoms with Crippen LogP contribution in [0.4, 0.5) is 11.4 Å². The Balaban J connectivity index is 2.11. The van der Waals surface area contributed by atoms with Crippen LogP contribution in [0.3, 0.4) is 0 Å². The van der Waals surface area contributed by atoms with Gasteiger partial charge in [0.1, 0.15) is 0 Å². The summed E-state index contributed by atoms with van der Waals surface area (Å²) < 4.78 is 0. The first-order valence-electron chi connectivity index (χ1n) is 4.90. The number of amides is 1. The van der Waals surface area contributed by atoms with Crippen molar-refractivity contribution in [1.29, 1.82) is 0 Å². The van der Waals surface area contributed by atoms with E-state index in [1.807, 2.05) is 18.2 Å². The fraction of sp³-hybridized carbons (Fsp3) is 0.250. The van der Waals surface area contributed by atoms with E-state index in [1.165, 1.54) is 5.56 Å². The number of nitrogens with one attached hydrogen (secondary N) is 2. The van der Waals surface area contributed by atoms with Crippen LogP contribution in [0.2, 0.25) is 0 Å². The summed E-state index contributed by atoms with van der Waals surface area (Å²) in [5, 5.41) is 6.02. The van der Waals surface area contributed by atoms with E-state index in [-0.39, 0.29) is 12.3 Å². The molecule has 3 heteroatoms. The Bertz CT molecular complexity index is 432. The van der Waals surface area contributed by atoms with Gasteiger partial charge >= 0.3 is 0 Å². The lowest BCUT2D eigenvalue weighted by molar-refractivity contribution is -0.115. The van der Waals surface area contributed by atoms with Crippen molar-refractivity contribution in [2.45, 2.75) is 12.8 Å². The minimum absolute atomic E-state index is 0.120. The fourth-order valence-electron chi connectivity index (χ4n) is 1.68. The van der Waals surface area contributed by atoms with Crippen molar-refractivity contribution in [1.82, 2.24) is 0 Å². The molecule has 0 fully saturated rings. The molecule has 1 aromatic carbocycles. The predicted octanol–water partition coefficient (Wildman–Crippen LogP) is 1.62. The molecular formula is C12H12N2O. The monoisotopic (exact) mass is 200 g/mol. The number of benzene rings is 1. The van der Waals surface area contributed by atoms with Crippen molar-refractivity contribution in [2.24, 2.45) is 0 Å². The van der Waals surface area contributed by atoms with Gasteiger partial charge in [-0.3, -0.25) is 4.79 Å². The van der Waals surface area contributed by atoms with Crippen LogP contribution in [-0.2, 0) is 11.2 Å². The number of fused-ring (bicyclic) bond motifs is 1.